The lowest BCUT2D eigenvalue weighted by molar-refractivity contribution is -0.244. The standard InChI is InChI=1S/C99H167N7O30/c1-14-78-58-83(133-92(123)46-45-91(121)122)59-106(78)90(120)44-28-20-18-16-15-17-19-27-43-89(119)105-99(63-124-55-47-81(115)38-25-21-23-36-79(113)40-29-32-52-127-96-93(102-72(8)107)69(5)66(2)84(134-96)60-130-75(11)110,64-125-56-48-82(116)39-26-22-24-37-80(114)41-30-33-53-128-97-94(103-73(9)108)70(6)67(3)85(135-97)61-131-76(12)111)65-126-57-49-88(118)101-51-35-50-100-87(117)42-31-34-54-129-98-95(104-74(10)109)71(7)68(4)86(136-98)62-132-77(13)112/h66-71,78,83-86,93-98H,14-65H2,1-13H3,(H,100,117)(H,101,118)(H,102,107)(H,103,108)(H,104,109)(H,105,119)(H,121,122)/t66?,67?,68?,69?,70?,71?,78-,83-,84?,85?,86?,93?,94?,95?,96?,97?,98?,99?/m1/s1. The molecule has 4 saturated heterocycles. The van der Waals surface area contributed by atoms with Crippen molar-refractivity contribution in [2.75, 3.05) is 98.9 Å². The molecule has 4 heterocycles. The Hall–Kier alpha value is -8.04. The van der Waals surface area contributed by atoms with Crippen LogP contribution in [0.25, 0.3) is 0 Å². The van der Waals surface area contributed by atoms with Crippen LogP contribution in [0.3, 0.4) is 0 Å². The first-order valence-corrected chi connectivity index (χ1v) is 50.3. The van der Waals surface area contributed by atoms with Gasteiger partial charge in [-0.25, -0.2) is 0 Å². The number of rotatable bonds is 75. The average Bonchev–Trinajstić information content (AvgIpc) is 1.17. The van der Waals surface area contributed by atoms with Crippen LogP contribution in [0, 0.1) is 35.5 Å². The highest BCUT2D eigenvalue weighted by Crippen LogP contribution is 2.36. The minimum Gasteiger partial charge on any atom is -0.481 e. The Labute approximate surface area is 805 Å². The molecule has 0 aromatic rings. The van der Waals surface area contributed by atoms with E-state index < -0.39 is 96.8 Å². The maximum Gasteiger partial charge on any atom is 0.306 e. The molecule has 7 amide bonds. The van der Waals surface area contributed by atoms with E-state index in [9.17, 15) is 76.7 Å². The number of unbranched alkanes of at least 4 members (excludes halogenated alkanes) is 14. The molecule has 4 fully saturated rings. The quantitative estimate of drug-likeness (QED) is 0.0169. The first-order chi connectivity index (χ1) is 64.9. The maximum atomic E-state index is 14.2. The molecule has 0 aromatic carbocycles. The van der Waals surface area contributed by atoms with Crippen LogP contribution < -0.4 is 31.9 Å². The highest BCUT2D eigenvalue weighted by atomic mass is 16.7. The molecular formula is C99H167N7O30. The number of carboxylic acid groups (broad SMARTS) is 1. The van der Waals surface area contributed by atoms with E-state index in [1.807, 2.05) is 48.5 Å². The predicted octanol–water partition coefficient (Wildman–Crippen LogP) is 10.3. The molecule has 37 heteroatoms. The van der Waals surface area contributed by atoms with E-state index >= 15 is 0 Å². The molecule has 4 rings (SSSR count). The Morgan fingerprint density at radius 1 is 0.360 bits per heavy atom. The van der Waals surface area contributed by atoms with Crippen LogP contribution in [0.2, 0.25) is 0 Å². The summed E-state index contributed by atoms with van der Waals surface area (Å²) >= 11 is 0. The summed E-state index contributed by atoms with van der Waals surface area (Å²) in [6.45, 7) is 23.3. The molecule has 7 N–H and O–H groups in total. The third-order valence-electron chi connectivity index (χ3n) is 26.0. The van der Waals surface area contributed by atoms with Gasteiger partial charge in [0, 0.05) is 164 Å². The molecule has 0 saturated carbocycles. The highest BCUT2D eigenvalue weighted by molar-refractivity contribution is 5.82. The smallest absolute Gasteiger partial charge is 0.306 e. The highest BCUT2D eigenvalue weighted by Gasteiger charge is 2.47. The number of ether oxygens (including phenoxy) is 13. The zero-order chi connectivity index (χ0) is 100. The van der Waals surface area contributed by atoms with Gasteiger partial charge in [0.25, 0.3) is 0 Å². The minimum atomic E-state index is -1.37. The number of hydrogen-bond acceptors (Lipinski definition) is 29. The number of aliphatic carboxylic acids is 1. The van der Waals surface area contributed by atoms with Crippen LogP contribution in [0.15, 0.2) is 0 Å². The van der Waals surface area contributed by atoms with Gasteiger partial charge < -0.3 is 103 Å². The number of ketones is 4. The molecule has 0 radical (unpaired) electrons. The molecule has 4 aliphatic rings. The van der Waals surface area contributed by atoms with Crippen LogP contribution >= 0.6 is 0 Å². The molecule has 17 atom stereocenters. The summed E-state index contributed by atoms with van der Waals surface area (Å²) in [5, 5.41) is 26.7. The number of amides is 7. The number of hydrogen-bond donors (Lipinski definition) is 7. The van der Waals surface area contributed by atoms with E-state index in [1.165, 1.54) is 41.5 Å². The molecule has 0 spiro atoms. The van der Waals surface area contributed by atoms with E-state index in [1.54, 1.807) is 4.90 Å². The predicted molar refractivity (Wildman–Crippen MR) is 500 cm³/mol. The molecule has 4 aliphatic heterocycles. The van der Waals surface area contributed by atoms with Crippen LogP contribution in [0.1, 0.15) is 328 Å². The van der Waals surface area contributed by atoms with Gasteiger partial charge in [-0.1, -0.05) is 99.8 Å². The Morgan fingerprint density at radius 3 is 1.05 bits per heavy atom. The molecule has 37 nitrogen and oxygen atoms in total. The second-order valence-electron chi connectivity index (χ2n) is 37.6. The number of carbonyl (C=O) groups excluding carboxylic acids is 15. The van der Waals surface area contributed by atoms with Gasteiger partial charge in [0.05, 0.1) is 95.5 Å². The van der Waals surface area contributed by atoms with Crippen LogP contribution in [-0.4, -0.2) is 276 Å². The first-order valence-electron chi connectivity index (χ1n) is 50.3. The molecule has 778 valence electrons. The lowest BCUT2D eigenvalue weighted by Gasteiger charge is -2.44. The lowest BCUT2D eigenvalue weighted by atomic mass is 9.82. The molecule has 0 bridgehead atoms. The maximum absolute atomic E-state index is 14.2. The topological polar surface area (TPSA) is 489 Å². The second kappa shape index (κ2) is 68.9. The van der Waals surface area contributed by atoms with Gasteiger partial charge in [0.1, 0.15) is 54.6 Å². The molecular weight excluding hydrogens is 1770 g/mol. The molecule has 15 unspecified atom stereocenters. The fourth-order valence-electron chi connectivity index (χ4n) is 17.3. The van der Waals surface area contributed by atoms with Gasteiger partial charge in [-0.2, -0.15) is 0 Å². The summed E-state index contributed by atoms with van der Waals surface area (Å²) in [5.41, 5.74) is -1.37. The van der Waals surface area contributed by atoms with Crippen molar-refractivity contribution in [2.24, 2.45) is 35.5 Å². The summed E-state index contributed by atoms with van der Waals surface area (Å²) in [6.07, 6.45) is 13.0. The largest absolute Gasteiger partial charge is 0.481 e. The van der Waals surface area contributed by atoms with Crippen LogP contribution in [0.5, 0.6) is 0 Å². The van der Waals surface area contributed by atoms with Crippen molar-refractivity contribution < 1.29 is 143 Å². The summed E-state index contributed by atoms with van der Waals surface area (Å²) in [7, 11) is 0. The summed E-state index contributed by atoms with van der Waals surface area (Å²) in [4.78, 5) is 203. The number of carbonyl (C=O) groups is 16. The van der Waals surface area contributed by atoms with Crippen molar-refractivity contribution in [1.29, 1.82) is 0 Å². The average molecular weight is 1940 g/mol. The Kier molecular flexibility index (Phi) is 60.9. The zero-order valence-electron chi connectivity index (χ0n) is 83.8. The number of carboxylic acids is 1. The second-order valence-corrected chi connectivity index (χ2v) is 37.6. The third-order valence-corrected chi connectivity index (χ3v) is 26.0. The fraction of sp³-hybridized carbons (Fsp3) is 0.838. The number of nitrogens with one attached hydrogen (secondary N) is 6. The van der Waals surface area contributed by atoms with Gasteiger partial charge in [0.15, 0.2) is 18.9 Å². The monoisotopic (exact) mass is 1930 g/mol. The van der Waals surface area contributed by atoms with Gasteiger partial charge in [-0.3, -0.25) is 76.7 Å². The normalized spacial score (nSPS) is 23.5. The fourth-order valence-corrected chi connectivity index (χ4v) is 17.3. The van der Waals surface area contributed by atoms with E-state index in [-0.39, 0.29) is 256 Å². The van der Waals surface area contributed by atoms with E-state index in [2.05, 4.69) is 31.9 Å². The van der Waals surface area contributed by atoms with Gasteiger partial charge in [-0.15, -0.1) is 0 Å². The van der Waals surface area contributed by atoms with E-state index in [4.69, 9.17) is 66.7 Å². The van der Waals surface area contributed by atoms with E-state index in [0.717, 1.165) is 38.5 Å². The van der Waals surface area contributed by atoms with Gasteiger partial charge >= 0.3 is 29.8 Å². The summed E-state index contributed by atoms with van der Waals surface area (Å²) < 4.78 is 76.9. The number of esters is 4. The van der Waals surface area contributed by atoms with Gasteiger partial charge in [0.2, 0.25) is 41.4 Å². The molecule has 0 aliphatic carbocycles. The van der Waals surface area contributed by atoms with Crippen molar-refractivity contribution in [2.45, 2.75) is 401 Å². The molecule has 136 heavy (non-hydrogen) atoms. The first kappa shape index (κ1) is 120. The SMILES string of the molecule is CC[C@@H]1C[C@@H](OC(=O)CCC(=O)O)CN1C(=O)CCCCCCCCCCC(=O)NC(COCCC(=O)CCCCCC(=O)CCCCOC1OC(COC(C)=O)C(C)C(C)C1NC(C)=O)(COCCC(=O)CCCCCC(=O)CCCCOC1OC(COC(C)=O)C(C)C(C)C1NC(C)=O)COCCC(=O)NCCCNC(=O)CCCCOC1OC(COC(C)=O)C(C)C(C)C1NC(C)=O. The lowest BCUT2D eigenvalue weighted by Crippen LogP contribution is -2.58. The Bertz CT molecular complexity index is 3340. The summed E-state index contributed by atoms with van der Waals surface area (Å²) in [6, 6.07) is -1.34. The van der Waals surface area contributed by atoms with Crippen molar-refractivity contribution in [1.82, 2.24) is 36.8 Å². The number of Topliss-reactive ketones (excluding diaryl/α,β-unsaturated/α-hetero) is 4. The zero-order valence-corrected chi connectivity index (χ0v) is 83.8. The van der Waals surface area contributed by atoms with Gasteiger partial charge in [-0.05, 0) is 125 Å². The Balaban J connectivity index is 1.34. The van der Waals surface area contributed by atoms with Crippen molar-refractivity contribution >= 4 is 94.3 Å². The third kappa shape index (κ3) is 51.2. The number of likely N-dealkylation sites (tertiary alicyclic amines) is 1. The van der Waals surface area contributed by atoms with E-state index in [0.29, 0.717) is 148 Å². The van der Waals surface area contributed by atoms with Crippen LogP contribution in [-0.2, 0) is 138 Å². The van der Waals surface area contributed by atoms with Crippen molar-refractivity contribution in [3.8, 4) is 0 Å². The number of nitrogens with zero attached hydrogens (tertiary/aromatic N) is 1. The van der Waals surface area contributed by atoms with Crippen molar-refractivity contribution in [3.63, 3.8) is 0 Å². The molecule has 0 aromatic heterocycles. The summed E-state index contributed by atoms with van der Waals surface area (Å²) in [5.74, 6) is -4.68. The van der Waals surface area contributed by atoms with Crippen molar-refractivity contribution in [3.05, 3.63) is 0 Å². The van der Waals surface area contributed by atoms with Crippen LogP contribution in [0.4, 0.5) is 0 Å². The minimum absolute atomic E-state index is 0.00259. The Morgan fingerprint density at radius 2 is 0.684 bits per heavy atom.